The lowest BCUT2D eigenvalue weighted by molar-refractivity contribution is 0.373. The lowest BCUT2D eigenvalue weighted by Crippen LogP contribution is -2.38. The molecule has 4 N–H and O–H groups in total. The lowest BCUT2D eigenvalue weighted by atomic mass is 10.1. The first kappa shape index (κ1) is 23.9. The molecule has 7 heteroatoms. The van der Waals surface area contributed by atoms with E-state index >= 15 is 0 Å². The molecule has 3 rings (SSSR count). The van der Waals surface area contributed by atoms with Gasteiger partial charge in [-0.3, -0.25) is 0 Å². The minimum atomic E-state index is 0. The molecule has 0 aliphatic carbocycles. The van der Waals surface area contributed by atoms with Gasteiger partial charge in [0.25, 0.3) is 0 Å². The summed E-state index contributed by atoms with van der Waals surface area (Å²) in [5, 5.41) is 17.9. The van der Waals surface area contributed by atoms with Crippen LogP contribution in [0.15, 0.2) is 47.6 Å². The van der Waals surface area contributed by atoms with Crippen molar-refractivity contribution in [2.75, 3.05) is 20.2 Å². The number of aromatic amines is 1. The number of hydrogen-bond donors (Lipinski definition) is 4. The summed E-state index contributed by atoms with van der Waals surface area (Å²) in [5.41, 5.74) is 4.81. The Hall–Kier alpha value is -2.42. The number of guanidine groups is 1. The van der Waals surface area contributed by atoms with Gasteiger partial charge in [0.2, 0.25) is 0 Å². The fourth-order valence-corrected chi connectivity index (χ4v) is 3.44. The van der Waals surface area contributed by atoms with Crippen molar-refractivity contribution in [3.8, 4) is 11.5 Å². The first-order valence-corrected chi connectivity index (χ1v) is 10.1. The summed E-state index contributed by atoms with van der Waals surface area (Å²) in [4.78, 5) is 8.05. The minimum absolute atomic E-state index is 0. The SMILES string of the molecule is CCNC(=NCc1ccc(OC)c(O)c1)NCCc1c[nH]c2c(CC)cccc12.I. The van der Waals surface area contributed by atoms with E-state index in [1.165, 1.54) is 29.1 Å². The number of hydrogen-bond acceptors (Lipinski definition) is 3. The van der Waals surface area contributed by atoms with Crippen LogP contribution in [0.25, 0.3) is 10.9 Å². The van der Waals surface area contributed by atoms with E-state index in [9.17, 15) is 5.11 Å². The van der Waals surface area contributed by atoms with Crippen LogP contribution in [0.1, 0.15) is 30.5 Å². The third-order valence-electron chi connectivity index (χ3n) is 4.96. The summed E-state index contributed by atoms with van der Waals surface area (Å²) in [5.74, 6) is 1.36. The van der Waals surface area contributed by atoms with Gasteiger partial charge in [-0.1, -0.05) is 31.2 Å². The molecule has 0 bridgehead atoms. The van der Waals surface area contributed by atoms with Crippen molar-refractivity contribution in [1.29, 1.82) is 0 Å². The lowest BCUT2D eigenvalue weighted by Gasteiger charge is -2.11. The second-order valence-corrected chi connectivity index (χ2v) is 6.89. The molecule has 0 saturated carbocycles. The Balaban J connectivity index is 0.00000320. The van der Waals surface area contributed by atoms with Crippen LogP contribution in [0.3, 0.4) is 0 Å². The monoisotopic (exact) mass is 522 g/mol. The molecule has 3 aromatic rings. The maximum atomic E-state index is 9.92. The van der Waals surface area contributed by atoms with Gasteiger partial charge in [0.15, 0.2) is 17.5 Å². The second kappa shape index (κ2) is 11.7. The Labute approximate surface area is 195 Å². The molecule has 0 atom stereocenters. The number of aromatic hydroxyl groups is 1. The van der Waals surface area contributed by atoms with Gasteiger partial charge in [0, 0.05) is 30.2 Å². The predicted molar refractivity (Wildman–Crippen MR) is 134 cm³/mol. The number of phenolic OH excluding ortho intramolecular Hbond substituents is 1. The Morgan fingerprint density at radius 3 is 2.67 bits per heavy atom. The Kier molecular flexibility index (Phi) is 9.29. The van der Waals surface area contributed by atoms with E-state index in [4.69, 9.17) is 4.74 Å². The van der Waals surface area contributed by atoms with Crippen LogP contribution in [0, 0.1) is 0 Å². The number of nitrogens with one attached hydrogen (secondary N) is 3. The zero-order valence-electron chi connectivity index (χ0n) is 17.8. The van der Waals surface area contributed by atoms with Crippen LogP contribution < -0.4 is 15.4 Å². The van der Waals surface area contributed by atoms with Crippen molar-refractivity contribution >= 4 is 40.8 Å². The number of para-hydroxylation sites is 1. The van der Waals surface area contributed by atoms with Gasteiger partial charge in [-0.2, -0.15) is 0 Å². The number of aromatic nitrogens is 1. The number of H-pyrrole nitrogens is 1. The number of ether oxygens (including phenoxy) is 1. The average molecular weight is 522 g/mol. The van der Waals surface area contributed by atoms with Gasteiger partial charge < -0.3 is 25.5 Å². The zero-order chi connectivity index (χ0) is 20.6. The molecule has 30 heavy (non-hydrogen) atoms. The van der Waals surface area contributed by atoms with Gasteiger partial charge in [-0.25, -0.2) is 4.99 Å². The van der Waals surface area contributed by atoms with Gasteiger partial charge in [-0.15, -0.1) is 24.0 Å². The second-order valence-electron chi connectivity index (χ2n) is 6.89. The van der Waals surface area contributed by atoms with Crippen LogP contribution in [-0.4, -0.2) is 36.2 Å². The molecule has 0 unspecified atom stereocenters. The first-order valence-electron chi connectivity index (χ1n) is 10.1. The maximum Gasteiger partial charge on any atom is 0.191 e. The standard InChI is InChI=1S/C23H30N4O2.HI/c1-4-17-7-6-8-19-18(15-26-22(17)19)11-12-25-23(24-5-2)27-14-16-9-10-21(29-3)20(28)13-16;/h6-10,13,15,26,28H,4-5,11-12,14H2,1-3H3,(H2,24,25,27);1H. The van der Waals surface area contributed by atoms with Crippen LogP contribution in [0.2, 0.25) is 0 Å². The predicted octanol–water partition coefficient (Wildman–Crippen LogP) is 4.36. The van der Waals surface area contributed by atoms with E-state index in [2.05, 4.69) is 51.9 Å². The Bertz CT molecular complexity index is 984. The molecule has 0 spiro atoms. The Morgan fingerprint density at radius 1 is 1.13 bits per heavy atom. The van der Waals surface area contributed by atoms with Crippen molar-refractivity contribution in [3.05, 3.63) is 59.3 Å². The molecule has 0 radical (unpaired) electrons. The quantitative estimate of drug-likeness (QED) is 0.201. The summed E-state index contributed by atoms with van der Waals surface area (Å²) >= 11 is 0. The van der Waals surface area contributed by atoms with E-state index < -0.39 is 0 Å². The van der Waals surface area contributed by atoms with Gasteiger partial charge >= 0.3 is 0 Å². The first-order chi connectivity index (χ1) is 14.2. The van der Waals surface area contributed by atoms with Crippen LogP contribution in [-0.2, 0) is 19.4 Å². The highest BCUT2D eigenvalue weighted by Crippen LogP contribution is 2.26. The third kappa shape index (κ3) is 5.81. The maximum absolute atomic E-state index is 9.92. The molecule has 0 fully saturated rings. The van der Waals surface area contributed by atoms with Gasteiger partial charge in [0.05, 0.1) is 13.7 Å². The number of nitrogens with zero attached hydrogens (tertiary/aromatic N) is 1. The highest BCUT2D eigenvalue weighted by atomic mass is 127. The number of fused-ring (bicyclic) bond motifs is 1. The molecule has 0 amide bonds. The molecule has 0 saturated heterocycles. The molecule has 6 nitrogen and oxygen atoms in total. The number of rotatable bonds is 8. The van der Waals surface area contributed by atoms with E-state index in [1.807, 2.05) is 13.0 Å². The van der Waals surface area contributed by atoms with Crippen molar-refractivity contribution in [2.45, 2.75) is 33.2 Å². The van der Waals surface area contributed by atoms with Gasteiger partial charge in [0.1, 0.15) is 0 Å². The van der Waals surface area contributed by atoms with E-state index in [0.29, 0.717) is 12.3 Å². The summed E-state index contributed by atoms with van der Waals surface area (Å²) in [6.07, 6.45) is 4.03. The molecule has 0 aliphatic rings. The highest BCUT2D eigenvalue weighted by Gasteiger charge is 2.07. The van der Waals surface area contributed by atoms with Gasteiger partial charge in [-0.05, 0) is 48.6 Å². The molecular formula is C23H31IN4O2. The number of aliphatic imine (C=N–C) groups is 1. The highest BCUT2D eigenvalue weighted by molar-refractivity contribution is 14.0. The normalized spacial score (nSPS) is 11.2. The summed E-state index contributed by atoms with van der Waals surface area (Å²) in [6, 6.07) is 11.8. The molecule has 0 aliphatic heterocycles. The fraction of sp³-hybridized carbons (Fsp3) is 0.348. The summed E-state index contributed by atoms with van der Waals surface area (Å²) < 4.78 is 5.08. The van der Waals surface area contributed by atoms with E-state index in [1.54, 1.807) is 12.1 Å². The minimum Gasteiger partial charge on any atom is -0.504 e. The van der Waals surface area contributed by atoms with Crippen LogP contribution in [0.4, 0.5) is 0 Å². The largest absolute Gasteiger partial charge is 0.504 e. The van der Waals surface area contributed by atoms with Crippen molar-refractivity contribution in [2.24, 2.45) is 4.99 Å². The molecule has 2 aromatic carbocycles. The number of aryl methyl sites for hydroxylation is 1. The molecule has 1 heterocycles. The summed E-state index contributed by atoms with van der Waals surface area (Å²) in [6.45, 7) is 6.26. The molecular weight excluding hydrogens is 491 g/mol. The third-order valence-corrected chi connectivity index (χ3v) is 4.96. The Morgan fingerprint density at radius 2 is 1.97 bits per heavy atom. The molecule has 1 aromatic heterocycles. The van der Waals surface area contributed by atoms with Crippen LogP contribution >= 0.6 is 24.0 Å². The molecule has 162 valence electrons. The topological polar surface area (TPSA) is 81.7 Å². The van der Waals surface area contributed by atoms with Crippen LogP contribution in [0.5, 0.6) is 11.5 Å². The fourth-order valence-electron chi connectivity index (χ4n) is 3.44. The number of benzene rings is 2. The van der Waals surface area contributed by atoms with Crippen molar-refractivity contribution in [1.82, 2.24) is 15.6 Å². The van der Waals surface area contributed by atoms with Crippen molar-refractivity contribution in [3.63, 3.8) is 0 Å². The van der Waals surface area contributed by atoms with Crippen molar-refractivity contribution < 1.29 is 9.84 Å². The summed E-state index contributed by atoms with van der Waals surface area (Å²) in [7, 11) is 1.54. The average Bonchev–Trinajstić information content (AvgIpc) is 3.15. The number of halogens is 1. The smallest absolute Gasteiger partial charge is 0.191 e. The van der Waals surface area contributed by atoms with E-state index in [0.717, 1.165) is 37.5 Å². The number of methoxy groups -OCH3 is 1. The van der Waals surface area contributed by atoms with E-state index in [-0.39, 0.29) is 29.7 Å². The number of phenols is 1. The zero-order valence-corrected chi connectivity index (χ0v) is 20.1.